The number of hydrogen-bond acceptors (Lipinski definition) is 5. The van der Waals surface area contributed by atoms with E-state index >= 15 is 0 Å². The molecule has 0 aromatic carbocycles. The molecule has 0 saturated heterocycles. The van der Waals surface area contributed by atoms with Gasteiger partial charge in [0.25, 0.3) is 11.5 Å². The van der Waals surface area contributed by atoms with Crippen LogP contribution in [0.5, 0.6) is 5.88 Å². The Balaban J connectivity index is 1.61. The Labute approximate surface area is 139 Å². The van der Waals surface area contributed by atoms with Gasteiger partial charge in [0.15, 0.2) is 0 Å². The van der Waals surface area contributed by atoms with Gasteiger partial charge >= 0.3 is 0 Å². The molecule has 1 fully saturated rings. The predicted octanol–water partition coefficient (Wildman–Crippen LogP) is 1.34. The summed E-state index contributed by atoms with van der Waals surface area (Å²) in [5.74, 6) is 0.511. The number of hydrogen-bond donors (Lipinski definition) is 1. The number of carbonyl (C=O) groups excluding carboxylic acids is 1. The summed E-state index contributed by atoms with van der Waals surface area (Å²) in [6.07, 6.45) is 3.83. The SMILES string of the molecule is CCOc1ncccc1C(=O)NCCn1nc(C2CC2)ccc1=O. The van der Waals surface area contributed by atoms with Crippen molar-refractivity contribution in [2.24, 2.45) is 0 Å². The van der Waals surface area contributed by atoms with Gasteiger partial charge in [0, 0.05) is 24.7 Å². The van der Waals surface area contributed by atoms with Crippen molar-refractivity contribution in [1.29, 1.82) is 0 Å². The van der Waals surface area contributed by atoms with E-state index in [9.17, 15) is 9.59 Å². The lowest BCUT2D eigenvalue weighted by atomic mass is 10.2. The number of nitrogens with zero attached hydrogens (tertiary/aromatic N) is 3. The average molecular weight is 328 g/mol. The molecule has 7 nitrogen and oxygen atoms in total. The first kappa shape index (κ1) is 16.2. The maximum Gasteiger partial charge on any atom is 0.266 e. The summed E-state index contributed by atoms with van der Waals surface area (Å²) in [7, 11) is 0. The fourth-order valence-corrected chi connectivity index (χ4v) is 2.41. The van der Waals surface area contributed by atoms with Crippen molar-refractivity contribution in [3.8, 4) is 5.88 Å². The smallest absolute Gasteiger partial charge is 0.266 e. The molecular weight excluding hydrogens is 308 g/mol. The summed E-state index contributed by atoms with van der Waals surface area (Å²) >= 11 is 0. The van der Waals surface area contributed by atoms with Crippen LogP contribution in [0.25, 0.3) is 0 Å². The third-order valence-electron chi connectivity index (χ3n) is 3.79. The van der Waals surface area contributed by atoms with E-state index in [-0.39, 0.29) is 11.5 Å². The summed E-state index contributed by atoms with van der Waals surface area (Å²) in [6.45, 7) is 2.90. The highest BCUT2D eigenvalue weighted by atomic mass is 16.5. The van der Waals surface area contributed by atoms with Crippen molar-refractivity contribution in [3.05, 3.63) is 52.1 Å². The Morgan fingerprint density at radius 2 is 2.21 bits per heavy atom. The van der Waals surface area contributed by atoms with Crippen LogP contribution in [-0.2, 0) is 6.54 Å². The van der Waals surface area contributed by atoms with E-state index < -0.39 is 0 Å². The molecule has 0 bridgehead atoms. The van der Waals surface area contributed by atoms with Crippen molar-refractivity contribution in [2.45, 2.75) is 32.2 Å². The Morgan fingerprint density at radius 1 is 1.38 bits per heavy atom. The third kappa shape index (κ3) is 3.79. The zero-order valence-electron chi connectivity index (χ0n) is 13.6. The zero-order chi connectivity index (χ0) is 16.9. The van der Waals surface area contributed by atoms with Crippen LogP contribution in [0.2, 0.25) is 0 Å². The van der Waals surface area contributed by atoms with E-state index in [4.69, 9.17) is 4.74 Å². The lowest BCUT2D eigenvalue weighted by molar-refractivity contribution is 0.0947. The normalized spacial score (nSPS) is 13.5. The molecule has 1 aliphatic rings. The second kappa shape index (κ2) is 7.25. The van der Waals surface area contributed by atoms with Crippen molar-refractivity contribution in [2.75, 3.05) is 13.2 Å². The maximum absolute atomic E-state index is 12.3. The molecule has 3 rings (SSSR count). The number of carbonyl (C=O) groups is 1. The largest absolute Gasteiger partial charge is 0.477 e. The highest BCUT2D eigenvalue weighted by Crippen LogP contribution is 2.38. The molecule has 0 radical (unpaired) electrons. The van der Waals surface area contributed by atoms with Crippen LogP contribution < -0.4 is 15.6 Å². The predicted molar refractivity (Wildman–Crippen MR) is 88.2 cm³/mol. The number of rotatable bonds is 7. The van der Waals surface area contributed by atoms with Crippen LogP contribution in [0.1, 0.15) is 41.7 Å². The molecule has 1 amide bonds. The average Bonchev–Trinajstić information content (AvgIpc) is 3.42. The number of nitrogens with one attached hydrogen (secondary N) is 1. The minimum absolute atomic E-state index is 0.162. The van der Waals surface area contributed by atoms with Gasteiger partial charge in [-0.2, -0.15) is 5.10 Å². The molecule has 7 heteroatoms. The van der Waals surface area contributed by atoms with Gasteiger partial charge in [-0.25, -0.2) is 9.67 Å². The molecule has 0 unspecified atom stereocenters. The number of amides is 1. The van der Waals surface area contributed by atoms with Crippen molar-refractivity contribution in [1.82, 2.24) is 20.1 Å². The number of ether oxygens (including phenoxy) is 1. The molecule has 2 aromatic heterocycles. The van der Waals surface area contributed by atoms with Gasteiger partial charge in [0.1, 0.15) is 5.56 Å². The molecule has 2 heterocycles. The molecule has 1 N–H and O–H groups in total. The van der Waals surface area contributed by atoms with Gasteiger partial charge in [-0.3, -0.25) is 9.59 Å². The van der Waals surface area contributed by atoms with Gasteiger partial charge in [0.05, 0.1) is 18.8 Å². The summed E-state index contributed by atoms with van der Waals surface area (Å²) < 4.78 is 6.75. The van der Waals surface area contributed by atoms with Crippen molar-refractivity contribution >= 4 is 5.91 Å². The summed E-state index contributed by atoms with van der Waals surface area (Å²) in [6, 6.07) is 6.67. The Kier molecular flexibility index (Phi) is 4.88. The van der Waals surface area contributed by atoms with Gasteiger partial charge in [-0.1, -0.05) is 0 Å². The van der Waals surface area contributed by atoms with E-state index in [0.29, 0.717) is 37.1 Å². The molecule has 0 aliphatic heterocycles. The highest BCUT2D eigenvalue weighted by molar-refractivity contribution is 5.96. The molecule has 1 saturated carbocycles. The van der Waals surface area contributed by atoms with Crippen LogP contribution in [0.4, 0.5) is 0 Å². The van der Waals surface area contributed by atoms with Crippen LogP contribution in [0.3, 0.4) is 0 Å². The molecule has 1 aliphatic carbocycles. The Morgan fingerprint density at radius 3 is 2.96 bits per heavy atom. The van der Waals surface area contributed by atoms with Crippen LogP contribution in [-0.4, -0.2) is 33.8 Å². The van der Waals surface area contributed by atoms with Crippen molar-refractivity contribution < 1.29 is 9.53 Å². The van der Waals surface area contributed by atoms with E-state index in [1.54, 1.807) is 24.4 Å². The van der Waals surface area contributed by atoms with Crippen molar-refractivity contribution in [3.63, 3.8) is 0 Å². The highest BCUT2D eigenvalue weighted by Gasteiger charge is 2.25. The summed E-state index contributed by atoms with van der Waals surface area (Å²) in [4.78, 5) is 28.2. The minimum atomic E-state index is -0.280. The van der Waals surface area contributed by atoms with E-state index in [0.717, 1.165) is 18.5 Å². The van der Waals surface area contributed by atoms with Gasteiger partial charge in [0.2, 0.25) is 5.88 Å². The Bertz CT molecular complexity index is 783. The quantitative estimate of drug-likeness (QED) is 0.829. The van der Waals surface area contributed by atoms with Crippen LogP contribution >= 0.6 is 0 Å². The number of aromatic nitrogens is 3. The summed E-state index contributed by atoms with van der Waals surface area (Å²) in [5, 5.41) is 7.15. The lowest BCUT2D eigenvalue weighted by Gasteiger charge is -2.10. The lowest BCUT2D eigenvalue weighted by Crippen LogP contribution is -2.32. The molecule has 2 aromatic rings. The third-order valence-corrected chi connectivity index (χ3v) is 3.79. The summed E-state index contributed by atoms with van der Waals surface area (Å²) in [5.41, 5.74) is 1.17. The first-order chi connectivity index (χ1) is 11.7. The second-order valence-corrected chi connectivity index (χ2v) is 5.64. The first-order valence-corrected chi connectivity index (χ1v) is 8.13. The standard InChI is InChI=1S/C17H20N4O3/c1-2-24-17-13(4-3-9-19-17)16(23)18-10-11-21-15(22)8-7-14(20-21)12-5-6-12/h3-4,7-9,12H,2,5-6,10-11H2,1H3,(H,18,23). The number of pyridine rings is 1. The topological polar surface area (TPSA) is 86.1 Å². The van der Waals surface area contributed by atoms with Gasteiger partial charge in [-0.05, 0) is 38.0 Å². The van der Waals surface area contributed by atoms with E-state index in [1.807, 2.05) is 6.92 Å². The molecule has 126 valence electrons. The fourth-order valence-electron chi connectivity index (χ4n) is 2.41. The zero-order valence-corrected chi connectivity index (χ0v) is 13.6. The molecule has 0 atom stereocenters. The molecule has 0 spiro atoms. The fraction of sp³-hybridized carbons (Fsp3) is 0.412. The van der Waals surface area contributed by atoms with E-state index in [1.165, 1.54) is 10.7 Å². The monoisotopic (exact) mass is 328 g/mol. The molecular formula is C17H20N4O3. The first-order valence-electron chi connectivity index (χ1n) is 8.13. The minimum Gasteiger partial charge on any atom is -0.477 e. The maximum atomic E-state index is 12.3. The Hall–Kier alpha value is -2.70. The van der Waals surface area contributed by atoms with Gasteiger partial charge in [-0.15, -0.1) is 0 Å². The molecule has 24 heavy (non-hydrogen) atoms. The van der Waals surface area contributed by atoms with Gasteiger partial charge < -0.3 is 10.1 Å². The van der Waals surface area contributed by atoms with Crippen LogP contribution in [0, 0.1) is 0 Å². The second-order valence-electron chi connectivity index (χ2n) is 5.64. The van der Waals surface area contributed by atoms with E-state index in [2.05, 4.69) is 15.4 Å². The van der Waals surface area contributed by atoms with Crippen LogP contribution in [0.15, 0.2) is 35.3 Å².